The summed E-state index contributed by atoms with van der Waals surface area (Å²) in [6.07, 6.45) is -14.5. The molecule has 4 aromatic carbocycles. The molecule has 6 aliphatic rings. The van der Waals surface area contributed by atoms with Gasteiger partial charge in [0.05, 0.1) is 42.0 Å². The van der Waals surface area contributed by atoms with Gasteiger partial charge in [0, 0.05) is 48.0 Å². The molecule has 77 heavy (non-hydrogen) atoms. The van der Waals surface area contributed by atoms with E-state index in [9.17, 15) is 67.4 Å². The van der Waals surface area contributed by atoms with Gasteiger partial charge in [0.15, 0.2) is 0 Å². The number of carboxylic acids is 1. The predicted octanol–water partition coefficient (Wildman–Crippen LogP) is 15.2. The number of carbonyl (C=O) groups excluding carboxylic acids is 1. The van der Waals surface area contributed by atoms with Crippen LogP contribution in [0.4, 0.5) is 52.7 Å². The molecule has 4 bridgehead atoms. The van der Waals surface area contributed by atoms with E-state index in [0.29, 0.717) is 54.1 Å². The van der Waals surface area contributed by atoms with E-state index in [4.69, 9.17) is 14.2 Å². The molecule has 0 aromatic heterocycles. The third-order valence-corrected chi connectivity index (χ3v) is 17.1. The quantitative estimate of drug-likeness (QED) is 0.117. The molecule has 4 unspecified atom stereocenters. The number of fused-ring (bicyclic) bond motifs is 6. The first-order valence-corrected chi connectivity index (χ1v) is 26.9. The van der Waals surface area contributed by atoms with Crippen molar-refractivity contribution in [2.75, 3.05) is 0 Å². The Labute approximate surface area is 438 Å². The van der Waals surface area contributed by atoms with Crippen molar-refractivity contribution in [2.24, 2.45) is 23.7 Å². The normalized spacial score (nSPS) is 28.4. The van der Waals surface area contributed by atoms with Gasteiger partial charge in [-0.2, -0.15) is 52.7 Å². The summed E-state index contributed by atoms with van der Waals surface area (Å²) in [5.41, 5.74) is -0.759. The molecule has 4 aromatic rings. The van der Waals surface area contributed by atoms with E-state index < -0.39 is 71.8 Å². The number of carbonyl (C=O) groups is 2. The molecule has 422 valence electrons. The maximum atomic E-state index is 14.6. The summed E-state index contributed by atoms with van der Waals surface area (Å²) in [5.74, 6) is -5.24. The zero-order chi connectivity index (χ0) is 55.4. The predicted molar refractivity (Wildman–Crippen MR) is 262 cm³/mol. The van der Waals surface area contributed by atoms with Gasteiger partial charge in [-0.1, -0.05) is 48.5 Å². The number of ether oxygens (including phenoxy) is 3. The van der Waals surface area contributed by atoms with Crippen molar-refractivity contribution in [1.82, 2.24) is 9.80 Å². The highest BCUT2D eigenvalue weighted by Crippen LogP contribution is 2.49. The number of hydrogen-bond donors (Lipinski definition) is 1. The second-order valence-electron chi connectivity index (χ2n) is 22.4. The van der Waals surface area contributed by atoms with Gasteiger partial charge in [0.2, 0.25) is 0 Å². The van der Waals surface area contributed by atoms with Crippen molar-refractivity contribution in [3.05, 3.63) is 82.9 Å². The lowest BCUT2D eigenvalue weighted by atomic mass is 9.87. The van der Waals surface area contributed by atoms with Crippen molar-refractivity contribution >= 4 is 33.5 Å². The molecule has 4 heterocycles. The number of hydrogen-bond acceptors (Lipinski definition) is 7. The molecule has 2 saturated carbocycles. The van der Waals surface area contributed by atoms with Crippen molar-refractivity contribution in [3.63, 3.8) is 0 Å². The Kier molecular flexibility index (Phi) is 16.4. The van der Waals surface area contributed by atoms with E-state index in [1.165, 1.54) is 12.1 Å². The van der Waals surface area contributed by atoms with Crippen LogP contribution in [0.15, 0.2) is 60.7 Å². The molecule has 8 nitrogen and oxygen atoms in total. The van der Waals surface area contributed by atoms with E-state index in [1.807, 2.05) is 13.8 Å². The maximum absolute atomic E-state index is 14.6. The summed E-state index contributed by atoms with van der Waals surface area (Å²) in [7, 11) is 0. The third-order valence-electron chi connectivity index (χ3n) is 17.1. The maximum Gasteiger partial charge on any atom is 0.420 e. The minimum atomic E-state index is -4.73. The molecule has 4 atom stereocenters. The highest BCUT2D eigenvalue weighted by atomic mass is 19.4. The van der Waals surface area contributed by atoms with Crippen LogP contribution in [0.25, 0.3) is 21.5 Å². The fraction of sp³-hybridized carbons (Fsp3) is 0.614. The van der Waals surface area contributed by atoms with Crippen molar-refractivity contribution in [1.29, 1.82) is 0 Å². The Morgan fingerprint density at radius 3 is 1.21 bits per heavy atom. The first kappa shape index (κ1) is 56.7. The zero-order valence-corrected chi connectivity index (χ0v) is 42.8. The Balaban J connectivity index is 0.000000188. The standard InChI is InChI=1S/C30H35F6NO3.C27H29F6NO3/c1-17(2)39-28(38)20-14-22-9-10-23(15-20)37(22)16-19-5-3-4-18-6-13-25(27(26(18)19)30(34,35)36)40-24-11-7-21(8-12-24)29(31,32)33;28-26(29,30)18-5-9-21(10-6-18)37-22-11-4-15-2-1-3-16(23(15)24(22)27(31,32)33)14-34-19-7-8-20(34)13-17(12-19)25(35)36/h3-6,13,17,20-24H,7-12,14-16H2,1-2H3;1-4,11,17-21H,5-10,12-14H2,(H,35,36). The Bertz CT molecular complexity index is 2720. The Hall–Kier alpha value is -4.98. The van der Waals surface area contributed by atoms with Gasteiger partial charge in [-0.05, 0) is 151 Å². The van der Waals surface area contributed by atoms with Gasteiger partial charge in [-0.15, -0.1) is 0 Å². The fourth-order valence-corrected chi connectivity index (χ4v) is 13.5. The molecular weight excluding hydrogens is 1040 g/mol. The number of aliphatic carboxylic acids is 1. The first-order valence-electron chi connectivity index (χ1n) is 26.9. The number of carboxylic acid groups (broad SMARTS) is 1. The minimum Gasteiger partial charge on any atom is -0.490 e. The lowest BCUT2D eigenvalue weighted by Crippen LogP contribution is -2.44. The summed E-state index contributed by atoms with van der Waals surface area (Å²) >= 11 is 0. The first-order chi connectivity index (χ1) is 36.2. The van der Waals surface area contributed by atoms with Gasteiger partial charge < -0.3 is 19.3 Å². The summed E-state index contributed by atoms with van der Waals surface area (Å²) in [4.78, 5) is 28.4. The lowest BCUT2D eigenvalue weighted by molar-refractivity contribution is -0.186. The van der Waals surface area contributed by atoms with Crippen LogP contribution in [-0.4, -0.2) is 81.7 Å². The molecule has 6 fully saturated rings. The number of alkyl halides is 12. The molecule has 4 saturated heterocycles. The number of piperidine rings is 2. The van der Waals surface area contributed by atoms with E-state index in [-0.39, 0.29) is 122 Å². The number of benzene rings is 4. The SMILES string of the molecule is CC(C)OC(=O)C1CC2CCC(C1)N2Cc1cccc2ccc(OC3CCC(C(F)(F)F)CC3)c(C(F)(F)F)c12.O=C(O)C1CC2CCC(C1)N2Cc1cccc2ccc(OC3CCC(C(F)(F)F)CC3)c(C(F)(F)F)c12. The lowest BCUT2D eigenvalue weighted by Gasteiger charge is -2.38. The summed E-state index contributed by atoms with van der Waals surface area (Å²) in [6, 6.07) is 16.0. The number of nitrogens with zero attached hydrogens (tertiary/aromatic N) is 2. The monoisotopic (exact) mass is 1100 g/mol. The Morgan fingerprint density at radius 2 is 0.883 bits per heavy atom. The minimum absolute atomic E-state index is 0.00712. The smallest absolute Gasteiger partial charge is 0.420 e. The number of esters is 1. The summed E-state index contributed by atoms with van der Waals surface area (Å²) in [5, 5.41) is 10.4. The van der Waals surface area contributed by atoms with Crippen molar-refractivity contribution < 1.29 is 81.6 Å². The molecule has 20 heteroatoms. The van der Waals surface area contributed by atoms with Gasteiger partial charge in [0.25, 0.3) is 0 Å². The summed E-state index contributed by atoms with van der Waals surface area (Å²) < 4.78 is 183. The van der Waals surface area contributed by atoms with Gasteiger partial charge in [0.1, 0.15) is 22.6 Å². The molecule has 10 rings (SSSR count). The van der Waals surface area contributed by atoms with Crippen LogP contribution in [0.3, 0.4) is 0 Å². The van der Waals surface area contributed by atoms with Crippen LogP contribution < -0.4 is 9.47 Å². The average Bonchev–Trinajstić information content (AvgIpc) is 3.82. The third kappa shape index (κ3) is 12.7. The molecular formula is C57H64F12N2O6. The molecule has 2 aliphatic carbocycles. The second kappa shape index (κ2) is 22.3. The molecule has 4 aliphatic heterocycles. The van der Waals surface area contributed by atoms with E-state index in [2.05, 4.69) is 9.80 Å². The fourth-order valence-electron chi connectivity index (χ4n) is 13.5. The number of halogens is 12. The topological polar surface area (TPSA) is 88.5 Å². The molecule has 0 radical (unpaired) electrons. The van der Waals surface area contributed by atoms with Crippen molar-refractivity contribution in [3.8, 4) is 11.5 Å². The van der Waals surface area contributed by atoms with Crippen LogP contribution in [0, 0.1) is 23.7 Å². The van der Waals surface area contributed by atoms with Crippen LogP contribution in [0.1, 0.15) is 139 Å². The van der Waals surface area contributed by atoms with Crippen LogP contribution in [0.2, 0.25) is 0 Å². The molecule has 1 N–H and O–H groups in total. The second-order valence-corrected chi connectivity index (χ2v) is 22.4. The van der Waals surface area contributed by atoms with Gasteiger partial charge >= 0.3 is 36.6 Å². The molecule has 0 spiro atoms. The van der Waals surface area contributed by atoms with Gasteiger partial charge in [-0.3, -0.25) is 19.4 Å². The summed E-state index contributed by atoms with van der Waals surface area (Å²) in [6.45, 7) is 4.20. The molecule has 0 amide bonds. The largest absolute Gasteiger partial charge is 0.490 e. The van der Waals surface area contributed by atoms with Crippen LogP contribution in [-0.2, 0) is 39.8 Å². The highest BCUT2D eigenvalue weighted by molar-refractivity contribution is 5.92. The average molecular weight is 1100 g/mol. The van der Waals surface area contributed by atoms with Crippen LogP contribution >= 0.6 is 0 Å². The van der Waals surface area contributed by atoms with Gasteiger partial charge in [-0.25, -0.2) is 0 Å². The van der Waals surface area contributed by atoms with E-state index >= 15 is 0 Å². The van der Waals surface area contributed by atoms with Crippen LogP contribution in [0.5, 0.6) is 11.5 Å². The Morgan fingerprint density at radius 1 is 0.519 bits per heavy atom. The van der Waals surface area contributed by atoms with Crippen molar-refractivity contribution in [2.45, 2.75) is 197 Å². The highest BCUT2D eigenvalue weighted by Gasteiger charge is 2.48. The number of rotatable bonds is 11. The van der Waals surface area contributed by atoms with E-state index in [1.54, 1.807) is 48.5 Å². The van der Waals surface area contributed by atoms with E-state index in [0.717, 1.165) is 25.7 Å². The zero-order valence-electron chi connectivity index (χ0n) is 42.8.